The summed E-state index contributed by atoms with van der Waals surface area (Å²) in [6.45, 7) is 2.02. The first-order valence-electron chi connectivity index (χ1n) is 6.37. The van der Waals surface area contributed by atoms with Gasteiger partial charge in [-0.1, -0.05) is 23.5 Å². The maximum atomic E-state index is 4.64. The maximum absolute atomic E-state index is 4.64. The van der Waals surface area contributed by atoms with E-state index in [1.807, 2.05) is 60.3 Å². The largest absolute Gasteiger partial charge is 0.337 e. The molecular weight excluding hydrogens is 268 g/mol. The second-order valence-electron chi connectivity index (χ2n) is 4.60. The van der Waals surface area contributed by atoms with Crippen molar-refractivity contribution < 1.29 is 0 Å². The van der Waals surface area contributed by atoms with Gasteiger partial charge in [0.2, 0.25) is 0 Å². The fourth-order valence-electron chi connectivity index (χ4n) is 2.23. The van der Waals surface area contributed by atoms with Gasteiger partial charge in [0.25, 0.3) is 0 Å². The van der Waals surface area contributed by atoms with Crippen LogP contribution in [0.1, 0.15) is 5.69 Å². The lowest BCUT2D eigenvalue weighted by atomic mass is 10.3. The van der Waals surface area contributed by atoms with E-state index in [0.717, 1.165) is 32.6 Å². The smallest absolute Gasteiger partial charge is 0.194 e. The zero-order valence-electron chi connectivity index (χ0n) is 10.9. The van der Waals surface area contributed by atoms with Crippen molar-refractivity contribution in [1.82, 2.24) is 19.5 Å². The van der Waals surface area contributed by atoms with Crippen molar-refractivity contribution in [2.24, 2.45) is 0 Å². The molecule has 1 aromatic carbocycles. The molecule has 0 spiro atoms. The zero-order chi connectivity index (χ0) is 13.5. The van der Waals surface area contributed by atoms with Crippen molar-refractivity contribution in [3.05, 3.63) is 54.5 Å². The monoisotopic (exact) mass is 280 g/mol. The van der Waals surface area contributed by atoms with Crippen LogP contribution in [0.3, 0.4) is 0 Å². The number of benzene rings is 1. The summed E-state index contributed by atoms with van der Waals surface area (Å²) in [7, 11) is 0. The number of nitrogens with zero attached hydrogens (tertiary/aromatic N) is 3. The number of thiazole rings is 1. The lowest BCUT2D eigenvalue weighted by Gasteiger charge is -1.93. The minimum atomic E-state index is 0.889. The van der Waals surface area contributed by atoms with Crippen LogP contribution in [0.4, 0.5) is 0 Å². The Balaban J connectivity index is 1.85. The Bertz CT molecular complexity index is 837. The van der Waals surface area contributed by atoms with Crippen molar-refractivity contribution >= 4 is 22.4 Å². The van der Waals surface area contributed by atoms with E-state index in [-0.39, 0.29) is 0 Å². The lowest BCUT2D eigenvalue weighted by molar-refractivity contribution is 1.03. The topological polar surface area (TPSA) is 46.5 Å². The molecular formula is C15H12N4S. The van der Waals surface area contributed by atoms with Crippen molar-refractivity contribution in [2.45, 2.75) is 6.92 Å². The zero-order valence-corrected chi connectivity index (χ0v) is 11.7. The summed E-state index contributed by atoms with van der Waals surface area (Å²) in [5.74, 6) is 0.889. The highest BCUT2D eigenvalue weighted by Crippen LogP contribution is 2.31. The number of nitrogens with one attached hydrogen (secondary N) is 1. The molecule has 4 rings (SSSR count). The van der Waals surface area contributed by atoms with Crippen LogP contribution in [0, 0.1) is 6.92 Å². The van der Waals surface area contributed by atoms with Crippen LogP contribution in [-0.4, -0.2) is 19.5 Å². The van der Waals surface area contributed by atoms with Gasteiger partial charge in [-0.15, -0.1) is 0 Å². The molecule has 0 atom stereocenters. The Morgan fingerprint density at radius 2 is 1.85 bits per heavy atom. The third-order valence-electron chi connectivity index (χ3n) is 3.22. The first-order chi connectivity index (χ1) is 9.81. The van der Waals surface area contributed by atoms with E-state index in [4.69, 9.17) is 0 Å². The van der Waals surface area contributed by atoms with E-state index in [2.05, 4.69) is 15.0 Å². The standard InChI is InChI=1S/C15H12N4S/c1-10-13(20-15(16-10)19-8-4-5-9-19)14-17-11-6-2-3-7-12(11)18-14/h2-9H,1H3,(H,17,18). The molecule has 4 aromatic rings. The number of aromatic amines is 1. The molecule has 0 amide bonds. The molecule has 0 aliphatic carbocycles. The summed E-state index contributed by atoms with van der Waals surface area (Å²) < 4.78 is 2.02. The number of hydrogen-bond acceptors (Lipinski definition) is 3. The highest BCUT2D eigenvalue weighted by Gasteiger charge is 2.14. The van der Waals surface area contributed by atoms with Crippen LogP contribution < -0.4 is 0 Å². The van der Waals surface area contributed by atoms with E-state index in [1.54, 1.807) is 11.3 Å². The van der Waals surface area contributed by atoms with Crippen molar-refractivity contribution in [3.63, 3.8) is 0 Å². The van der Waals surface area contributed by atoms with E-state index >= 15 is 0 Å². The van der Waals surface area contributed by atoms with Gasteiger partial charge in [0.15, 0.2) is 11.0 Å². The molecule has 0 aliphatic heterocycles. The Labute approximate surface area is 119 Å². The van der Waals surface area contributed by atoms with Crippen molar-refractivity contribution in [3.8, 4) is 15.8 Å². The molecule has 0 saturated heterocycles. The number of imidazole rings is 1. The molecule has 20 heavy (non-hydrogen) atoms. The molecule has 0 radical (unpaired) electrons. The second-order valence-corrected chi connectivity index (χ2v) is 5.58. The summed E-state index contributed by atoms with van der Waals surface area (Å²) in [5.41, 5.74) is 3.04. The molecule has 0 fully saturated rings. The van der Waals surface area contributed by atoms with Crippen LogP contribution >= 0.6 is 11.3 Å². The fraction of sp³-hybridized carbons (Fsp3) is 0.0667. The fourth-order valence-corrected chi connectivity index (χ4v) is 3.21. The average molecular weight is 280 g/mol. The minimum absolute atomic E-state index is 0.889. The normalized spacial score (nSPS) is 11.2. The Kier molecular flexibility index (Phi) is 2.47. The highest BCUT2D eigenvalue weighted by atomic mass is 32.1. The predicted octanol–water partition coefficient (Wildman–Crippen LogP) is 3.79. The molecule has 0 aliphatic rings. The SMILES string of the molecule is Cc1nc(-n2cccc2)sc1-c1nc2ccccc2[nH]1. The molecule has 0 bridgehead atoms. The van der Waals surface area contributed by atoms with Crippen molar-refractivity contribution in [2.75, 3.05) is 0 Å². The maximum Gasteiger partial charge on any atom is 0.194 e. The first-order valence-corrected chi connectivity index (χ1v) is 7.19. The second kappa shape index (κ2) is 4.31. The third-order valence-corrected chi connectivity index (χ3v) is 4.39. The summed E-state index contributed by atoms with van der Waals surface area (Å²) >= 11 is 1.64. The summed E-state index contributed by atoms with van der Waals surface area (Å²) in [6, 6.07) is 12.1. The van der Waals surface area contributed by atoms with E-state index in [1.165, 1.54) is 0 Å². The average Bonchev–Trinajstić information content (AvgIpc) is 3.16. The van der Waals surface area contributed by atoms with Gasteiger partial charge in [-0.25, -0.2) is 9.97 Å². The predicted molar refractivity (Wildman–Crippen MR) is 81.3 cm³/mol. The number of hydrogen-bond donors (Lipinski definition) is 1. The van der Waals surface area contributed by atoms with Gasteiger partial charge in [-0.05, 0) is 31.2 Å². The minimum Gasteiger partial charge on any atom is -0.337 e. The Hall–Kier alpha value is -2.40. The third kappa shape index (κ3) is 1.75. The van der Waals surface area contributed by atoms with Crippen LogP contribution in [-0.2, 0) is 0 Å². The van der Waals surface area contributed by atoms with Gasteiger partial charge in [0.1, 0.15) is 0 Å². The van der Waals surface area contributed by atoms with Crippen LogP contribution in [0.2, 0.25) is 0 Å². The molecule has 0 saturated carbocycles. The molecule has 5 heteroatoms. The number of para-hydroxylation sites is 2. The van der Waals surface area contributed by atoms with Gasteiger partial charge in [0.05, 0.1) is 21.6 Å². The van der Waals surface area contributed by atoms with Crippen LogP contribution in [0.15, 0.2) is 48.8 Å². The number of aryl methyl sites for hydroxylation is 1. The Morgan fingerprint density at radius 1 is 1.05 bits per heavy atom. The van der Waals surface area contributed by atoms with Gasteiger partial charge in [-0.3, -0.25) is 0 Å². The molecule has 4 nitrogen and oxygen atoms in total. The molecule has 98 valence electrons. The number of aromatic nitrogens is 4. The molecule has 3 heterocycles. The summed E-state index contributed by atoms with van der Waals surface area (Å²) in [6.07, 6.45) is 4.00. The summed E-state index contributed by atoms with van der Waals surface area (Å²) in [4.78, 5) is 13.7. The van der Waals surface area contributed by atoms with Gasteiger partial charge >= 0.3 is 0 Å². The molecule has 0 unspecified atom stereocenters. The summed E-state index contributed by atoms with van der Waals surface area (Å²) in [5, 5.41) is 0.961. The van der Waals surface area contributed by atoms with E-state index in [0.29, 0.717) is 0 Å². The number of H-pyrrole nitrogens is 1. The van der Waals surface area contributed by atoms with Gasteiger partial charge in [0, 0.05) is 12.4 Å². The van der Waals surface area contributed by atoms with Gasteiger partial charge in [-0.2, -0.15) is 0 Å². The van der Waals surface area contributed by atoms with Gasteiger partial charge < -0.3 is 9.55 Å². The van der Waals surface area contributed by atoms with Crippen LogP contribution in [0.25, 0.3) is 26.9 Å². The quantitative estimate of drug-likeness (QED) is 0.607. The van der Waals surface area contributed by atoms with Crippen LogP contribution in [0.5, 0.6) is 0 Å². The number of fused-ring (bicyclic) bond motifs is 1. The number of rotatable bonds is 2. The first kappa shape index (κ1) is 11.4. The van der Waals surface area contributed by atoms with E-state index < -0.39 is 0 Å². The Morgan fingerprint density at radius 3 is 2.65 bits per heavy atom. The van der Waals surface area contributed by atoms with Crippen molar-refractivity contribution in [1.29, 1.82) is 0 Å². The highest BCUT2D eigenvalue weighted by molar-refractivity contribution is 7.17. The van der Waals surface area contributed by atoms with E-state index in [9.17, 15) is 0 Å². The molecule has 3 aromatic heterocycles. The molecule has 1 N–H and O–H groups in total. The lowest BCUT2D eigenvalue weighted by Crippen LogP contribution is -1.87.